The van der Waals surface area contributed by atoms with Crippen molar-refractivity contribution < 1.29 is 19.4 Å². The normalized spacial score (nSPS) is 16.4. The van der Waals surface area contributed by atoms with E-state index < -0.39 is 0 Å². The summed E-state index contributed by atoms with van der Waals surface area (Å²) in [5, 5.41) is 15.7. The van der Waals surface area contributed by atoms with Gasteiger partial charge in [0.25, 0.3) is 5.91 Å². The summed E-state index contributed by atoms with van der Waals surface area (Å²) in [5.74, 6) is 0.819. The maximum Gasteiger partial charge on any atom is 0.261 e. The lowest BCUT2D eigenvalue weighted by atomic mass is 10.2. The molecule has 0 spiro atoms. The highest BCUT2D eigenvalue weighted by Gasteiger charge is 2.21. The number of nitrogens with zero attached hydrogens (tertiary/aromatic N) is 3. The standard InChI is InChI=1S/C20H23N5O4S/c1-12-15-17(23-11-24-20(15)30-16(12)18(27)21-7-8-26)25-14-5-2-6-22-19(14)29-13-4-3-9-28-10-13/h2,5-6,11,13,26H,3-4,7-10H2,1H3,(H,21,27)(H,23,24,25). The molecule has 0 bridgehead atoms. The molecule has 1 unspecified atom stereocenters. The van der Waals surface area contributed by atoms with Crippen LogP contribution in [0.2, 0.25) is 0 Å². The topological polar surface area (TPSA) is 118 Å². The van der Waals surface area contributed by atoms with Gasteiger partial charge in [-0.3, -0.25) is 4.79 Å². The first-order chi connectivity index (χ1) is 14.7. The van der Waals surface area contributed by atoms with Gasteiger partial charge in [0, 0.05) is 19.3 Å². The Morgan fingerprint density at radius 3 is 3.10 bits per heavy atom. The molecule has 0 saturated carbocycles. The summed E-state index contributed by atoms with van der Waals surface area (Å²) in [5.41, 5.74) is 1.46. The number of ether oxygens (including phenoxy) is 2. The molecule has 1 amide bonds. The average Bonchev–Trinajstić information content (AvgIpc) is 3.12. The predicted octanol–water partition coefficient (Wildman–Crippen LogP) is 2.42. The summed E-state index contributed by atoms with van der Waals surface area (Å²) in [7, 11) is 0. The van der Waals surface area contributed by atoms with Crippen LogP contribution in [-0.2, 0) is 4.74 Å². The summed E-state index contributed by atoms with van der Waals surface area (Å²) in [6.07, 6.45) is 4.98. The highest BCUT2D eigenvalue weighted by molar-refractivity contribution is 7.20. The lowest BCUT2D eigenvalue weighted by molar-refractivity contribution is 0.00585. The minimum absolute atomic E-state index is 0.0377. The molecule has 1 saturated heterocycles. The molecule has 30 heavy (non-hydrogen) atoms. The van der Waals surface area contributed by atoms with E-state index in [2.05, 4.69) is 25.6 Å². The number of aromatic nitrogens is 3. The van der Waals surface area contributed by atoms with Crippen molar-refractivity contribution in [1.82, 2.24) is 20.3 Å². The summed E-state index contributed by atoms with van der Waals surface area (Å²) >= 11 is 1.29. The van der Waals surface area contributed by atoms with Crippen LogP contribution < -0.4 is 15.4 Å². The number of fused-ring (bicyclic) bond motifs is 1. The van der Waals surface area contributed by atoms with Crippen LogP contribution in [-0.4, -0.2) is 58.4 Å². The van der Waals surface area contributed by atoms with Gasteiger partial charge in [0.05, 0.1) is 23.5 Å². The molecule has 1 fully saturated rings. The van der Waals surface area contributed by atoms with Gasteiger partial charge in [0.15, 0.2) is 0 Å². The Hall–Kier alpha value is -2.82. The highest BCUT2D eigenvalue weighted by atomic mass is 32.1. The van der Waals surface area contributed by atoms with Crippen LogP contribution in [0.4, 0.5) is 11.5 Å². The van der Waals surface area contributed by atoms with Gasteiger partial charge in [-0.25, -0.2) is 15.0 Å². The maximum atomic E-state index is 12.4. The Balaban J connectivity index is 1.63. The van der Waals surface area contributed by atoms with Gasteiger partial charge in [-0.05, 0) is 37.5 Å². The fraction of sp³-hybridized carbons (Fsp3) is 0.400. The minimum Gasteiger partial charge on any atom is -0.470 e. The Kier molecular flexibility index (Phi) is 6.36. The third-order valence-electron chi connectivity index (χ3n) is 4.75. The molecule has 3 N–H and O–H groups in total. The molecule has 3 aromatic rings. The average molecular weight is 430 g/mol. The van der Waals surface area contributed by atoms with E-state index in [4.69, 9.17) is 14.6 Å². The molecule has 0 radical (unpaired) electrons. The van der Waals surface area contributed by atoms with Gasteiger partial charge in [0.1, 0.15) is 28.8 Å². The number of aliphatic hydroxyl groups excluding tert-OH is 1. The van der Waals surface area contributed by atoms with Crippen molar-refractivity contribution >= 4 is 39.0 Å². The molecular weight excluding hydrogens is 406 g/mol. The quantitative estimate of drug-likeness (QED) is 0.524. The van der Waals surface area contributed by atoms with E-state index in [9.17, 15) is 4.79 Å². The van der Waals surface area contributed by atoms with Crippen LogP contribution in [0.3, 0.4) is 0 Å². The molecular formula is C20H23N5O4S. The van der Waals surface area contributed by atoms with E-state index in [1.165, 1.54) is 17.7 Å². The summed E-state index contributed by atoms with van der Waals surface area (Å²) in [6.45, 7) is 3.26. The number of hydrogen-bond donors (Lipinski definition) is 3. The number of nitrogens with one attached hydrogen (secondary N) is 2. The fourth-order valence-electron chi connectivity index (χ4n) is 3.30. The molecule has 1 atom stereocenters. The third kappa shape index (κ3) is 4.35. The van der Waals surface area contributed by atoms with Gasteiger partial charge in [0.2, 0.25) is 5.88 Å². The molecule has 158 valence electrons. The molecule has 3 aromatic heterocycles. The van der Waals surface area contributed by atoms with Crippen molar-refractivity contribution in [3.05, 3.63) is 35.1 Å². The maximum absolute atomic E-state index is 12.4. The number of aryl methyl sites for hydroxylation is 1. The zero-order valence-electron chi connectivity index (χ0n) is 16.6. The molecule has 10 heteroatoms. The molecule has 9 nitrogen and oxygen atoms in total. The fourth-order valence-corrected chi connectivity index (χ4v) is 4.37. The number of anilines is 2. The highest BCUT2D eigenvalue weighted by Crippen LogP contribution is 2.36. The van der Waals surface area contributed by atoms with Crippen molar-refractivity contribution in [1.29, 1.82) is 0 Å². The van der Waals surface area contributed by atoms with Crippen LogP contribution >= 0.6 is 11.3 Å². The van der Waals surface area contributed by atoms with Crippen LogP contribution in [0.15, 0.2) is 24.7 Å². The first kappa shape index (κ1) is 20.5. The number of aliphatic hydroxyl groups is 1. The van der Waals surface area contributed by atoms with Crippen LogP contribution in [0.5, 0.6) is 5.88 Å². The van der Waals surface area contributed by atoms with Crippen LogP contribution in [0, 0.1) is 6.92 Å². The second-order valence-corrected chi connectivity index (χ2v) is 7.88. The lowest BCUT2D eigenvalue weighted by Crippen LogP contribution is -2.28. The molecule has 0 aliphatic carbocycles. The lowest BCUT2D eigenvalue weighted by Gasteiger charge is -2.23. The second-order valence-electron chi connectivity index (χ2n) is 6.88. The summed E-state index contributed by atoms with van der Waals surface area (Å²) in [6, 6.07) is 3.69. The molecule has 1 aliphatic heterocycles. The Labute approximate surface area is 177 Å². The Morgan fingerprint density at radius 1 is 1.40 bits per heavy atom. The number of pyridine rings is 1. The number of carbonyl (C=O) groups is 1. The number of thiophene rings is 1. The monoisotopic (exact) mass is 429 g/mol. The van der Waals surface area contributed by atoms with Crippen molar-refractivity contribution in [3.8, 4) is 5.88 Å². The van der Waals surface area contributed by atoms with Crippen molar-refractivity contribution in [3.63, 3.8) is 0 Å². The van der Waals surface area contributed by atoms with E-state index in [-0.39, 0.29) is 25.2 Å². The predicted molar refractivity (Wildman–Crippen MR) is 114 cm³/mol. The minimum atomic E-state index is -0.238. The van der Waals surface area contributed by atoms with Crippen molar-refractivity contribution in [2.75, 3.05) is 31.7 Å². The third-order valence-corrected chi connectivity index (χ3v) is 5.95. The second kappa shape index (κ2) is 9.33. The summed E-state index contributed by atoms with van der Waals surface area (Å²) in [4.78, 5) is 26.7. The number of hydrogen-bond acceptors (Lipinski definition) is 9. The van der Waals surface area contributed by atoms with E-state index in [0.29, 0.717) is 33.7 Å². The zero-order chi connectivity index (χ0) is 20.9. The Morgan fingerprint density at radius 2 is 2.30 bits per heavy atom. The smallest absolute Gasteiger partial charge is 0.261 e. The van der Waals surface area contributed by atoms with E-state index in [0.717, 1.165) is 30.4 Å². The number of rotatable bonds is 7. The van der Waals surface area contributed by atoms with E-state index in [1.54, 1.807) is 6.20 Å². The van der Waals surface area contributed by atoms with Gasteiger partial charge in [-0.15, -0.1) is 11.3 Å². The first-order valence-corrected chi connectivity index (χ1v) is 10.6. The SMILES string of the molecule is Cc1c(C(=O)NCCO)sc2ncnc(Nc3cccnc3OC3CCCOC3)c12. The number of amides is 1. The van der Waals surface area contributed by atoms with E-state index >= 15 is 0 Å². The molecule has 1 aliphatic rings. The van der Waals surface area contributed by atoms with Crippen LogP contribution in [0.1, 0.15) is 28.1 Å². The van der Waals surface area contributed by atoms with Crippen molar-refractivity contribution in [2.45, 2.75) is 25.9 Å². The van der Waals surface area contributed by atoms with Gasteiger partial charge in [-0.2, -0.15) is 0 Å². The van der Waals surface area contributed by atoms with Gasteiger partial charge >= 0.3 is 0 Å². The first-order valence-electron chi connectivity index (χ1n) is 9.77. The zero-order valence-corrected chi connectivity index (χ0v) is 17.4. The summed E-state index contributed by atoms with van der Waals surface area (Å²) < 4.78 is 11.6. The van der Waals surface area contributed by atoms with Crippen molar-refractivity contribution in [2.24, 2.45) is 0 Å². The molecule has 0 aromatic carbocycles. The molecule has 4 rings (SSSR count). The number of carbonyl (C=O) groups excluding carboxylic acids is 1. The molecule has 4 heterocycles. The van der Waals surface area contributed by atoms with Gasteiger partial charge < -0.3 is 25.2 Å². The largest absolute Gasteiger partial charge is 0.470 e. The van der Waals surface area contributed by atoms with Gasteiger partial charge in [-0.1, -0.05) is 0 Å². The Bertz CT molecular complexity index is 1040. The van der Waals surface area contributed by atoms with Crippen LogP contribution in [0.25, 0.3) is 10.2 Å². The van der Waals surface area contributed by atoms with E-state index in [1.807, 2.05) is 19.1 Å².